The first-order valence-corrected chi connectivity index (χ1v) is 6.79. The highest BCUT2D eigenvalue weighted by molar-refractivity contribution is 5.95. The number of nitrogens with zero attached hydrogens (tertiary/aromatic N) is 1. The second-order valence-electron chi connectivity index (χ2n) is 6.36. The number of carbonyl (C=O) groups excluding carboxylic acids is 2. The summed E-state index contributed by atoms with van der Waals surface area (Å²) in [6.45, 7) is 8.70. The van der Waals surface area contributed by atoms with Gasteiger partial charge in [0.2, 0.25) is 5.91 Å². The third-order valence-electron chi connectivity index (χ3n) is 3.14. The van der Waals surface area contributed by atoms with Gasteiger partial charge in [-0.1, -0.05) is 0 Å². The number of likely N-dealkylation sites (tertiary alicyclic amines) is 1. The number of piperidine rings is 1. The van der Waals surface area contributed by atoms with Crippen molar-refractivity contribution >= 4 is 11.9 Å². The van der Waals surface area contributed by atoms with E-state index in [0.29, 0.717) is 0 Å². The molecular weight excluding hydrogens is 244 g/mol. The summed E-state index contributed by atoms with van der Waals surface area (Å²) in [6, 6.07) is 0.0533. The van der Waals surface area contributed by atoms with Gasteiger partial charge in [-0.25, -0.2) is 4.79 Å². The molecule has 0 saturated carbocycles. The van der Waals surface area contributed by atoms with Crippen molar-refractivity contribution in [1.82, 2.24) is 15.5 Å². The maximum Gasteiger partial charge on any atom is 0.321 e. The van der Waals surface area contributed by atoms with Gasteiger partial charge in [0, 0.05) is 24.2 Å². The van der Waals surface area contributed by atoms with Crippen LogP contribution in [0.25, 0.3) is 0 Å². The van der Waals surface area contributed by atoms with Crippen molar-refractivity contribution in [3.63, 3.8) is 0 Å². The van der Waals surface area contributed by atoms with E-state index in [-0.39, 0.29) is 30.1 Å². The normalized spacial score (nSPS) is 24.9. The van der Waals surface area contributed by atoms with E-state index in [1.807, 2.05) is 20.8 Å². The number of hydrogen-bond acceptors (Lipinski definition) is 4. The van der Waals surface area contributed by atoms with Gasteiger partial charge in [0.15, 0.2) is 0 Å². The second kappa shape index (κ2) is 6.34. The van der Waals surface area contributed by atoms with Crippen molar-refractivity contribution in [2.24, 2.45) is 5.73 Å². The Kier molecular flexibility index (Phi) is 5.31. The maximum atomic E-state index is 11.8. The molecule has 1 aliphatic heterocycles. The number of hydrogen-bond donors (Lipinski definition) is 3. The third kappa shape index (κ3) is 6.02. The zero-order valence-corrected chi connectivity index (χ0v) is 12.3. The van der Waals surface area contributed by atoms with Crippen LogP contribution in [0.15, 0.2) is 0 Å². The van der Waals surface area contributed by atoms with Crippen molar-refractivity contribution < 1.29 is 9.59 Å². The summed E-state index contributed by atoms with van der Waals surface area (Å²) < 4.78 is 0. The fraction of sp³-hybridized carbons (Fsp3) is 0.846. The first-order valence-electron chi connectivity index (χ1n) is 6.79. The molecule has 1 aliphatic rings. The monoisotopic (exact) mass is 270 g/mol. The highest BCUT2D eigenvalue weighted by Gasteiger charge is 2.25. The number of nitrogens with two attached hydrogens (primary N) is 1. The average Bonchev–Trinajstić information content (AvgIpc) is 2.19. The van der Waals surface area contributed by atoms with E-state index in [9.17, 15) is 9.59 Å². The predicted molar refractivity (Wildman–Crippen MR) is 74.7 cm³/mol. The van der Waals surface area contributed by atoms with Crippen LogP contribution in [0.3, 0.4) is 0 Å². The fourth-order valence-electron chi connectivity index (χ4n) is 2.21. The Bertz CT molecular complexity index is 338. The number of imide groups is 1. The lowest BCUT2D eigenvalue weighted by molar-refractivity contribution is -0.122. The van der Waals surface area contributed by atoms with Crippen LogP contribution in [-0.2, 0) is 4.79 Å². The lowest BCUT2D eigenvalue weighted by atomic mass is 9.99. The highest BCUT2D eigenvalue weighted by Crippen LogP contribution is 2.14. The Morgan fingerprint density at radius 2 is 2.00 bits per heavy atom. The average molecular weight is 270 g/mol. The molecule has 0 aromatic carbocycles. The van der Waals surface area contributed by atoms with Crippen LogP contribution in [0.4, 0.5) is 4.79 Å². The number of urea groups is 1. The minimum absolute atomic E-state index is 0.221. The van der Waals surface area contributed by atoms with Gasteiger partial charge in [-0.15, -0.1) is 0 Å². The van der Waals surface area contributed by atoms with Crippen LogP contribution < -0.4 is 16.4 Å². The van der Waals surface area contributed by atoms with Crippen molar-refractivity contribution in [2.75, 3.05) is 13.1 Å². The SMILES string of the molecule is CC1CC(N)CCN1CC(=O)NC(=O)NC(C)(C)C. The maximum absolute atomic E-state index is 11.8. The number of carbonyl (C=O) groups is 2. The number of nitrogens with one attached hydrogen (secondary N) is 2. The van der Waals surface area contributed by atoms with Gasteiger partial charge in [0.05, 0.1) is 6.54 Å². The molecule has 3 amide bonds. The Labute approximate surface area is 115 Å². The van der Waals surface area contributed by atoms with Crippen molar-refractivity contribution in [3.8, 4) is 0 Å². The van der Waals surface area contributed by atoms with Crippen molar-refractivity contribution in [1.29, 1.82) is 0 Å². The summed E-state index contributed by atoms with van der Waals surface area (Å²) in [5.74, 6) is -0.274. The van der Waals surface area contributed by atoms with E-state index < -0.39 is 6.03 Å². The van der Waals surface area contributed by atoms with Crippen LogP contribution in [0.1, 0.15) is 40.5 Å². The van der Waals surface area contributed by atoms with Gasteiger partial charge in [-0.2, -0.15) is 0 Å². The number of rotatable bonds is 2. The summed E-state index contributed by atoms with van der Waals surface area (Å²) in [5, 5.41) is 5.05. The van der Waals surface area contributed by atoms with Gasteiger partial charge in [0.1, 0.15) is 0 Å². The zero-order valence-electron chi connectivity index (χ0n) is 12.3. The van der Waals surface area contributed by atoms with Gasteiger partial charge in [0.25, 0.3) is 0 Å². The predicted octanol–water partition coefficient (Wildman–Crippen LogP) is 0.422. The molecule has 0 radical (unpaired) electrons. The first-order chi connectivity index (χ1) is 8.67. The standard InChI is InChI=1S/C13H26N4O2/c1-9-7-10(14)5-6-17(9)8-11(18)15-12(19)16-13(2,3)4/h9-10H,5-8,14H2,1-4H3,(H2,15,16,18,19). The van der Waals surface area contributed by atoms with Crippen molar-refractivity contribution in [2.45, 2.75) is 58.2 Å². The van der Waals surface area contributed by atoms with Crippen LogP contribution in [0.5, 0.6) is 0 Å². The molecule has 0 aliphatic carbocycles. The molecule has 2 atom stereocenters. The van der Waals surface area contributed by atoms with Crippen molar-refractivity contribution in [3.05, 3.63) is 0 Å². The summed E-state index contributed by atoms with van der Waals surface area (Å²) in [7, 11) is 0. The van der Waals surface area contributed by atoms with E-state index in [1.165, 1.54) is 0 Å². The topological polar surface area (TPSA) is 87.5 Å². The Hall–Kier alpha value is -1.14. The second-order valence-corrected chi connectivity index (χ2v) is 6.36. The molecular formula is C13H26N4O2. The largest absolute Gasteiger partial charge is 0.333 e. The summed E-state index contributed by atoms with van der Waals surface area (Å²) >= 11 is 0. The molecule has 6 nitrogen and oxygen atoms in total. The lowest BCUT2D eigenvalue weighted by Crippen LogP contribution is -2.53. The van der Waals surface area contributed by atoms with E-state index in [2.05, 4.69) is 22.5 Å². The van der Waals surface area contributed by atoms with E-state index in [4.69, 9.17) is 5.73 Å². The molecule has 1 rings (SSSR count). The Morgan fingerprint density at radius 1 is 1.37 bits per heavy atom. The van der Waals surface area contributed by atoms with E-state index >= 15 is 0 Å². The zero-order chi connectivity index (χ0) is 14.6. The molecule has 0 spiro atoms. The summed E-state index contributed by atoms with van der Waals surface area (Å²) in [5.41, 5.74) is 5.53. The molecule has 19 heavy (non-hydrogen) atoms. The molecule has 110 valence electrons. The van der Waals surface area contributed by atoms with E-state index in [1.54, 1.807) is 0 Å². The molecule has 2 unspecified atom stereocenters. The van der Waals surface area contributed by atoms with E-state index in [0.717, 1.165) is 19.4 Å². The molecule has 1 saturated heterocycles. The minimum atomic E-state index is -0.445. The fourth-order valence-corrected chi connectivity index (χ4v) is 2.21. The van der Waals surface area contributed by atoms with Gasteiger partial charge in [-0.05, 0) is 40.5 Å². The Morgan fingerprint density at radius 3 is 2.53 bits per heavy atom. The lowest BCUT2D eigenvalue weighted by Gasteiger charge is -2.35. The smallest absolute Gasteiger partial charge is 0.321 e. The minimum Gasteiger partial charge on any atom is -0.333 e. The molecule has 1 fully saturated rings. The molecule has 4 N–H and O–H groups in total. The number of amides is 3. The molecule has 0 aromatic heterocycles. The van der Waals surface area contributed by atoms with Gasteiger partial charge >= 0.3 is 6.03 Å². The quantitative estimate of drug-likeness (QED) is 0.679. The molecule has 6 heteroatoms. The molecule has 1 heterocycles. The molecule has 0 bridgehead atoms. The van der Waals surface area contributed by atoms with Crippen LogP contribution in [-0.4, -0.2) is 47.6 Å². The third-order valence-corrected chi connectivity index (χ3v) is 3.14. The summed E-state index contributed by atoms with van der Waals surface area (Å²) in [6.07, 6.45) is 1.78. The van der Waals surface area contributed by atoms with Gasteiger partial charge < -0.3 is 11.1 Å². The van der Waals surface area contributed by atoms with Crippen LogP contribution in [0, 0.1) is 0 Å². The molecule has 0 aromatic rings. The highest BCUT2D eigenvalue weighted by atomic mass is 16.2. The Balaban J connectivity index is 2.37. The first kappa shape index (κ1) is 15.9. The van der Waals surface area contributed by atoms with Gasteiger partial charge in [-0.3, -0.25) is 15.0 Å². The summed E-state index contributed by atoms with van der Waals surface area (Å²) in [4.78, 5) is 25.4. The van der Waals surface area contributed by atoms with Crippen LogP contribution in [0.2, 0.25) is 0 Å². The van der Waals surface area contributed by atoms with Crippen LogP contribution >= 0.6 is 0 Å².